The van der Waals surface area contributed by atoms with Gasteiger partial charge in [0.1, 0.15) is 5.01 Å². The molecule has 4 rings (SSSR count). The summed E-state index contributed by atoms with van der Waals surface area (Å²) in [5.41, 5.74) is 3.55. The van der Waals surface area contributed by atoms with Gasteiger partial charge in [-0.2, -0.15) is 9.61 Å². The summed E-state index contributed by atoms with van der Waals surface area (Å²) in [5.74, 6) is 1.11. The van der Waals surface area contributed by atoms with Gasteiger partial charge in [0.15, 0.2) is 5.82 Å². The van der Waals surface area contributed by atoms with Crippen LogP contribution in [0.2, 0.25) is 0 Å². The fourth-order valence-electron chi connectivity index (χ4n) is 3.00. The molecule has 0 N–H and O–H groups in total. The Labute approximate surface area is 144 Å². The van der Waals surface area contributed by atoms with E-state index in [0.717, 1.165) is 27.8 Å². The smallest absolute Gasteiger partial charge is 0.183 e. The SMILES string of the molecule is CC[C@@H](c1ccccc1)c1nn2c(-c3ccccc3C)nnc2s1. The maximum Gasteiger partial charge on any atom is 0.234 e. The second kappa shape index (κ2) is 6.17. The molecular formula is C19H18N4S. The highest BCUT2D eigenvalue weighted by Crippen LogP contribution is 2.32. The first-order chi connectivity index (χ1) is 11.8. The van der Waals surface area contributed by atoms with Crippen molar-refractivity contribution in [3.63, 3.8) is 0 Å². The van der Waals surface area contributed by atoms with Crippen molar-refractivity contribution in [1.29, 1.82) is 0 Å². The van der Waals surface area contributed by atoms with Crippen molar-refractivity contribution >= 4 is 16.3 Å². The number of fused-ring (bicyclic) bond motifs is 1. The molecule has 0 aliphatic heterocycles. The van der Waals surface area contributed by atoms with Crippen molar-refractivity contribution in [2.45, 2.75) is 26.2 Å². The van der Waals surface area contributed by atoms with Crippen molar-refractivity contribution in [2.75, 3.05) is 0 Å². The van der Waals surface area contributed by atoms with Gasteiger partial charge in [0.05, 0.1) is 0 Å². The van der Waals surface area contributed by atoms with Crippen molar-refractivity contribution < 1.29 is 0 Å². The highest BCUT2D eigenvalue weighted by Gasteiger charge is 2.20. The zero-order valence-electron chi connectivity index (χ0n) is 13.7. The molecule has 24 heavy (non-hydrogen) atoms. The van der Waals surface area contributed by atoms with Crippen LogP contribution in [0.5, 0.6) is 0 Å². The van der Waals surface area contributed by atoms with Gasteiger partial charge in [-0.1, -0.05) is 72.9 Å². The minimum absolute atomic E-state index is 0.294. The first kappa shape index (κ1) is 15.0. The van der Waals surface area contributed by atoms with Crippen molar-refractivity contribution in [3.05, 3.63) is 70.7 Å². The van der Waals surface area contributed by atoms with Gasteiger partial charge in [-0.25, -0.2) is 0 Å². The highest BCUT2D eigenvalue weighted by atomic mass is 32.1. The molecule has 0 fully saturated rings. The van der Waals surface area contributed by atoms with E-state index in [9.17, 15) is 0 Å². The van der Waals surface area contributed by atoms with Gasteiger partial charge in [-0.15, -0.1) is 10.2 Å². The summed E-state index contributed by atoms with van der Waals surface area (Å²) in [5, 5.41) is 14.6. The van der Waals surface area contributed by atoms with Gasteiger partial charge < -0.3 is 0 Å². The number of rotatable bonds is 4. The average Bonchev–Trinajstić information content (AvgIpc) is 3.18. The molecule has 0 aliphatic carbocycles. The summed E-state index contributed by atoms with van der Waals surface area (Å²) < 4.78 is 1.88. The van der Waals surface area contributed by atoms with Crippen molar-refractivity contribution in [2.24, 2.45) is 0 Å². The van der Waals surface area contributed by atoms with Crippen LogP contribution in [-0.2, 0) is 0 Å². The maximum atomic E-state index is 4.85. The Morgan fingerprint density at radius 2 is 1.75 bits per heavy atom. The molecule has 0 saturated carbocycles. The summed E-state index contributed by atoms with van der Waals surface area (Å²) in [6.45, 7) is 4.28. The summed E-state index contributed by atoms with van der Waals surface area (Å²) >= 11 is 1.62. The second-order valence-electron chi connectivity index (χ2n) is 5.84. The molecule has 1 atom stereocenters. The topological polar surface area (TPSA) is 43.1 Å². The molecule has 0 saturated heterocycles. The Morgan fingerprint density at radius 1 is 1.00 bits per heavy atom. The molecule has 0 aliphatic rings. The quantitative estimate of drug-likeness (QED) is 0.543. The molecule has 0 amide bonds. The molecule has 120 valence electrons. The molecule has 0 unspecified atom stereocenters. The lowest BCUT2D eigenvalue weighted by Crippen LogP contribution is -2.01. The number of aromatic nitrogens is 4. The Balaban J connectivity index is 1.81. The van der Waals surface area contributed by atoms with E-state index >= 15 is 0 Å². The monoisotopic (exact) mass is 334 g/mol. The first-order valence-electron chi connectivity index (χ1n) is 8.11. The van der Waals surface area contributed by atoms with E-state index in [1.807, 2.05) is 22.7 Å². The molecular weight excluding hydrogens is 316 g/mol. The molecule has 0 spiro atoms. The lowest BCUT2D eigenvalue weighted by Gasteiger charge is -2.11. The third-order valence-electron chi connectivity index (χ3n) is 4.30. The predicted molar refractivity (Wildman–Crippen MR) is 97.4 cm³/mol. The number of benzene rings is 2. The minimum atomic E-state index is 0.294. The van der Waals surface area contributed by atoms with Crippen LogP contribution < -0.4 is 0 Å². The summed E-state index contributed by atoms with van der Waals surface area (Å²) in [7, 11) is 0. The van der Waals surface area contributed by atoms with Gasteiger partial charge in [-0.05, 0) is 24.5 Å². The highest BCUT2D eigenvalue weighted by molar-refractivity contribution is 7.16. The van der Waals surface area contributed by atoms with Gasteiger partial charge in [0.25, 0.3) is 0 Å². The third kappa shape index (κ3) is 2.51. The van der Waals surface area contributed by atoms with Crippen LogP contribution in [0.25, 0.3) is 16.3 Å². The average molecular weight is 334 g/mol. The van der Waals surface area contributed by atoms with Gasteiger partial charge >= 0.3 is 0 Å². The van der Waals surface area contributed by atoms with Gasteiger partial charge in [0, 0.05) is 11.5 Å². The zero-order chi connectivity index (χ0) is 16.5. The zero-order valence-corrected chi connectivity index (χ0v) is 14.5. The Morgan fingerprint density at radius 3 is 2.50 bits per heavy atom. The molecule has 5 heteroatoms. The van der Waals surface area contributed by atoms with Crippen LogP contribution in [0.1, 0.15) is 35.4 Å². The molecule has 4 nitrogen and oxygen atoms in total. The Hall–Kier alpha value is -2.53. The van der Waals surface area contributed by atoms with E-state index in [1.54, 1.807) is 11.3 Å². The summed E-state index contributed by atoms with van der Waals surface area (Å²) in [4.78, 5) is 0.845. The molecule has 2 heterocycles. The van der Waals surface area contributed by atoms with E-state index in [1.165, 1.54) is 11.1 Å². The number of aryl methyl sites for hydroxylation is 1. The van der Waals surface area contributed by atoms with Gasteiger partial charge in [0.2, 0.25) is 4.96 Å². The maximum absolute atomic E-state index is 4.85. The molecule has 0 bridgehead atoms. The summed E-state index contributed by atoms with van der Waals surface area (Å²) in [6, 6.07) is 18.8. The lowest BCUT2D eigenvalue weighted by molar-refractivity contribution is 0.743. The van der Waals surface area contributed by atoms with Gasteiger partial charge in [-0.3, -0.25) is 0 Å². The summed E-state index contributed by atoms with van der Waals surface area (Å²) in [6.07, 6.45) is 1.01. The fourth-order valence-corrected chi connectivity index (χ4v) is 4.05. The minimum Gasteiger partial charge on any atom is -0.183 e. The normalized spacial score (nSPS) is 12.6. The van der Waals surface area contributed by atoms with E-state index in [4.69, 9.17) is 5.10 Å². The lowest BCUT2D eigenvalue weighted by atomic mass is 9.97. The largest absolute Gasteiger partial charge is 0.234 e. The van der Waals surface area contributed by atoms with Crippen LogP contribution in [0, 0.1) is 6.92 Å². The second-order valence-corrected chi connectivity index (χ2v) is 6.83. The first-order valence-corrected chi connectivity index (χ1v) is 8.92. The van der Waals surface area contributed by atoms with Crippen LogP contribution in [0.3, 0.4) is 0 Å². The standard InChI is InChI=1S/C19H18N4S/c1-3-15(14-10-5-4-6-11-14)18-22-23-17(20-21-19(23)24-18)16-12-8-7-9-13(16)2/h4-12,15H,3H2,1-2H3/t15-/m0/s1. The van der Waals surface area contributed by atoms with E-state index in [2.05, 4.69) is 60.4 Å². The number of nitrogens with zero attached hydrogens (tertiary/aromatic N) is 4. The van der Waals surface area contributed by atoms with Crippen LogP contribution in [0.15, 0.2) is 54.6 Å². The third-order valence-corrected chi connectivity index (χ3v) is 5.31. The molecule has 0 radical (unpaired) electrons. The molecule has 2 aromatic heterocycles. The fraction of sp³-hybridized carbons (Fsp3) is 0.211. The van der Waals surface area contributed by atoms with E-state index in [-0.39, 0.29) is 0 Å². The molecule has 4 aromatic rings. The number of hydrogen-bond donors (Lipinski definition) is 0. The predicted octanol–water partition coefficient (Wildman–Crippen LogP) is 4.70. The Bertz CT molecular complexity index is 971. The Kier molecular flexibility index (Phi) is 3.86. The number of hydrogen-bond acceptors (Lipinski definition) is 4. The van der Waals surface area contributed by atoms with E-state index < -0.39 is 0 Å². The van der Waals surface area contributed by atoms with Crippen molar-refractivity contribution in [1.82, 2.24) is 19.8 Å². The van der Waals surface area contributed by atoms with Crippen LogP contribution in [0.4, 0.5) is 0 Å². The van der Waals surface area contributed by atoms with Crippen molar-refractivity contribution in [3.8, 4) is 11.4 Å². The van der Waals surface area contributed by atoms with E-state index in [0.29, 0.717) is 5.92 Å². The van der Waals surface area contributed by atoms with Crippen LogP contribution >= 0.6 is 11.3 Å². The molecule has 2 aromatic carbocycles. The van der Waals surface area contributed by atoms with Crippen LogP contribution in [-0.4, -0.2) is 19.8 Å².